The zero-order valence-corrected chi connectivity index (χ0v) is 7.53. The second-order valence-electron chi connectivity index (χ2n) is 2.54. The molecule has 1 aromatic rings. The average Bonchev–Trinajstić information content (AvgIpc) is 2.26. The van der Waals surface area contributed by atoms with Crippen LogP contribution >= 0.6 is 0 Å². The van der Waals surface area contributed by atoms with Gasteiger partial charge in [0, 0.05) is 12.7 Å². The summed E-state index contributed by atoms with van der Waals surface area (Å²) in [5.74, 6) is -0.269. The Bertz CT molecular complexity index is 375. The van der Waals surface area contributed by atoms with Crippen LogP contribution in [-0.4, -0.2) is 17.4 Å². The van der Waals surface area contributed by atoms with Gasteiger partial charge in [-0.1, -0.05) is 6.08 Å². The molecule has 1 amide bonds. The summed E-state index contributed by atoms with van der Waals surface area (Å²) in [6.07, 6.45) is 2.95. The molecule has 0 radical (unpaired) electrons. The third kappa shape index (κ3) is 2.42. The first-order valence-electron chi connectivity index (χ1n) is 4.03. The molecule has 14 heavy (non-hydrogen) atoms. The fourth-order valence-electron chi connectivity index (χ4n) is 0.850. The van der Waals surface area contributed by atoms with Gasteiger partial charge in [0.15, 0.2) is 0 Å². The molecule has 0 aromatic carbocycles. The first-order chi connectivity index (χ1) is 6.77. The topological polar surface area (TPSA) is 65.8 Å². The van der Waals surface area contributed by atoms with E-state index in [0.717, 1.165) is 0 Å². The zero-order valence-electron chi connectivity index (χ0n) is 7.53. The van der Waals surface area contributed by atoms with Gasteiger partial charge in [-0.15, -0.1) is 6.58 Å². The third-order valence-corrected chi connectivity index (χ3v) is 1.53. The Balaban J connectivity index is 2.72. The van der Waals surface area contributed by atoms with Gasteiger partial charge in [0.1, 0.15) is 11.8 Å². The Labute approximate surface area is 81.9 Å². The van der Waals surface area contributed by atoms with Crippen molar-refractivity contribution in [3.8, 4) is 6.07 Å². The highest BCUT2D eigenvalue weighted by Gasteiger charge is 2.04. The van der Waals surface area contributed by atoms with Gasteiger partial charge >= 0.3 is 0 Å². The number of carbonyl (C=O) groups is 1. The number of nitrogens with zero attached hydrogens (tertiary/aromatic N) is 2. The second kappa shape index (κ2) is 4.77. The van der Waals surface area contributed by atoms with Gasteiger partial charge < -0.3 is 5.32 Å². The van der Waals surface area contributed by atoms with Crippen molar-refractivity contribution in [3.05, 3.63) is 42.2 Å². The zero-order chi connectivity index (χ0) is 10.4. The van der Waals surface area contributed by atoms with E-state index in [0.29, 0.717) is 17.8 Å². The molecule has 1 aromatic heterocycles. The molecule has 1 heterocycles. The maximum absolute atomic E-state index is 11.3. The Morgan fingerprint density at radius 2 is 2.50 bits per heavy atom. The second-order valence-corrected chi connectivity index (χ2v) is 2.54. The number of carbonyl (C=O) groups excluding carboxylic acids is 1. The van der Waals surface area contributed by atoms with Gasteiger partial charge in [-0.05, 0) is 12.1 Å². The van der Waals surface area contributed by atoms with E-state index in [-0.39, 0.29) is 5.91 Å². The number of hydrogen-bond acceptors (Lipinski definition) is 3. The van der Waals surface area contributed by atoms with Crippen molar-refractivity contribution in [2.75, 3.05) is 6.54 Å². The lowest BCUT2D eigenvalue weighted by Crippen LogP contribution is -2.24. The van der Waals surface area contributed by atoms with E-state index < -0.39 is 0 Å². The van der Waals surface area contributed by atoms with Crippen LogP contribution in [0.2, 0.25) is 0 Å². The number of hydrogen-bond donors (Lipinski definition) is 1. The van der Waals surface area contributed by atoms with Crippen LogP contribution in [-0.2, 0) is 0 Å². The van der Waals surface area contributed by atoms with Crippen molar-refractivity contribution in [1.82, 2.24) is 10.3 Å². The van der Waals surface area contributed by atoms with Gasteiger partial charge in [-0.2, -0.15) is 5.26 Å². The molecule has 70 valence electrons. The summed E-state index contributed by atoms with van der Waals surface area (Å²) in [5.41, 5.74) is 0.733. The van der Waals surface area contributed by atoms with E-state index in [4.69, 9.17) is 5.26 Å². The van der Waals surface area contributed by atoms with E-state index in [2.05, 4.69) is 16.9 Å². The minimum atomic E-state index is -0.269. The van der Waals surface area contributed by atoms with Crippen LogP contribution < -0.4 is 5.32 Å². The quantitative estimate of drug-likeness (QED) is 0.714. The van der Waals surface area contributed by atoms with Gasteiger partial charge in [-0.3, -0.25) is 4.79 Å². The summed E-state index contributed by atoms with van der Waals surface area (Å²) in [7, 11) is 0. The number of rotatable bonds is 3. The van der Waals surface area contributed by atoms with E-state index in [1.807, 2.05) is 6.07 Å². The minimum Gasteiger partial charge on any atom is -0.347 e. The molecule has 1 rings (SSSR count). The van der Waals surface area contributed by atoms with Crippen LogP contribution in [0.3, 0.4) is 0 Å². The first-order valence-corrected chi connectivity index (χ1v) is 4.03. The number of pyridine rings is 1. The Hall–Kier alpha value is -2.15. The molecule has 0 spiro atoms. The molecule has 0 bridgehead atoms. The van der Waals surface area contributed by atoms with E-state index in [9.17, 15) is 4.79 Å². The summed E-state index contributed by atoms with van der Waals surface area (Å²) in [5, 5.41) is 11.1. The van der Waals surface area contributed by atoms with E-state index in [1.165, 1.54) is 12.3 Å². The summed E-state index contributed by atoms with van der Waals surface area (Å²) in [6, 6.07) is 4.99. The standard InChI is InChI=1S/C10H9N3O/c1-2-5-12-10(14)9-4-3-8(6-11)7-13-9/h2-4,7H,1,5H2,(H,12,14). The normalized spacial score (nSPS) is 8.79. The number of aromatic nitrogens is 1. The predicted molar refractivity (Wildman–Crippen MR) is 51.5 cm³/mol. The van der Waals surface area contributed by atoms with Crippen molar-refractivity contribution in [3.63, 3.8) is 0 Å². The highest BCUT2D eigenvalue weighted by molar-refractivity contribution is 5.92. The molecule has 0 fully saturated rings. The largest absolute Gasteiger partial charge is 0.347 e. The average molecular weight is 187 g/mol. The smallest absolute Gasteiger partial charge is 0.270 e. The highest BCUT2D eigenvalue weighted by Crippen LogP contribution is 1.98. The summed E-state index contributed by atoms with van der Waals surface area (Å²) < 4.78 is 0. The van der Waals surface area contributed by atoms with Crippen LogP contribution in [0, 0.1) is 11.3 Å². The lowest BCUT2D eigenvalue weighted by atomic mass is 10.2. The van der Waals surface area contributed by atoms with Gasteiger partial charge in [-0.25, -0.2) is 4.98 Å². The van der Waals surface area contributed by atoms with Crippen LogP contribution in [0.4, 0.5) is 0 Å². The van der Waals surface area contributed by atoms with E-state index in [1.54, 1.807) is 12.1 Å². The lowest BCUT2D eigenvalue weighted by Gasteiger charge is -2.00. The summed E-state index contributed by atoms with van der Waals surface area (Å²) >= 11 is 0. The number of amides is 1. The minimum absolute atomic E-state index is 0.269. The molecule has 0 saturated heterocycles. The highest BCUT2D eigenvalue weighted by atomic mass is 16.1. The SMILES string of the molecule is C=CCNC(=O)c1ccc(C#N)cn1. The monoisotopic (exact) mass is 187 g/mol. The maximum Gasteiger partial charge on any atom is 0.270 e. The number of nitriles is 1. The van der Waals surface area contributed by atoms with Gasteiger partial charge in [0.05, 0.1) is 5.56 Å². The van der Waals surface area contributed by atoms with Crippen LogP contribution in [0.15, 0.2) is 31.0 Å². The maximum atomic E-state index is 11.3. The predicted octanol–water partition coefficient (Wildman–Crippen LogP) is 0.869. The Kier molecular flexibility index (Phi) is 3.39. The van der Waals surface area contributed by atoms with E-state index >= 15 is 0 Å². The van der Waals surface area contributed by atoms with Crippen LogP contribution in [0.25, 0.3) is 0 Å². The molecule has 0 aliphatic heterocycles. The Morgan fingerprint density at radius 1 is 1.71 bits per heavy atom. The van der Waals surface area contributed by atoms with Crippen molar-refractivity contribution < 1.29 is 4.79 Å². The summed E-state index contributed by atoms with van der Waals surface area (Å²) in [4.78, 5) is 15.1. The molecule has 0 saturated carbocycles. The molecule has 0 aliphatic rings. The Morgan fingerprint density at radius 3 is 3.00 bits per heavy atom. The first kappa shape index (κ1) is 9.93. The van der Waals surface area contributed by atoms with Crippen molar-refractivity contribution in [2.24, 2.45) is 0 Å². The van der Waals surface area contributed by atoms with Gasteiger partial charge in [0.2, 0.25) is 0 Å². The molecule has 1 N–H and O–H groups in total. The van der Waals surface area contributed by atoms with Crippen molar-refractivity contribution in [1.29, 1.82) is 5.26 Å². The molecular formula is C10H9N3O. The fraction of sp³-hybridized carbons (Fsp3) is 0.100. The molecule has 4 nitrogen and oxygen atoms in total. The fourth-order valence-corrected chi connectivity index (χ4v) is 0.850. The van der Waals surface area contributed by atoms with Gasteiger partial charge in [0.25, 0.3) is 5.91 Å². The molecular weight excluding hydrogens is 178 g/mol. The summed E-state index contributed by atoms with van der Waals surface area (Å²) in [6.45, 7) is 3.88. The van der Waals surface area contributed by atoms with Crippen molar-refractivity contribution >= 4 is 5.91 Å². The molecule has 0 aliphatic carbocycles. The van der Waals surface area contributed by atoms with Crippen molar-refractivity contribution in [2.45, 2.75) is 0 Å². The molecule has 0 unspecified atom stereocenters. The molecule has 4 heteroatoms. The lowest BCUT2D eigenvalue weighted by molar-refractivity contribution is 0.0953. The third-order valence-electron chi connectivity index (χ3n) is 1.53. The number of nitrogens with one attached hydrogen (secondary N) is 1. The van der Waals surface area contributed by atoms with Crippen LogP contribution in [0.5, 0.6) is 0 Å². The molecule has 0 atom stereocenters. The van der Waals surface area contributed by atoms with Crippen LogP contribution in [0.1, 0.15) is 16.1 Å².